The lowest BCUT2D eigenvalue weighted by Gasteiger charge is -2.09. The van der Waals surface area contributed by atoms with E-state index in [-0.39, 0.29) is 11.3 Å². The van der Waals surface area contributed by atoms with Gasteiger partial charge in [0.1, 0.15) is 17.2 Å². The second kappa shape index (κ2) is 7.87. The highest BCUT2D eigenvalue weighted by molar-refractivity contribution is 5.90. The van der Waals surface area contributed by atoms with E-state index in [0.717, 1.165) is 5.56 Å². The van der Waals surface area contributed by atoms with E-state index < -0.39 is 12.1 Å². The van der Waals surface area contributed by atoms with Crippen LogP contribution in [0.15, 0.2) is 42.5 Å². The Balaban J connectivity index is 2.07. The van der Waals surface area contributed by atoms with E-state index in [0.29, 0.717) is 18.0 Å². The summed E-state index contributed by atoms with van der Waals surface area (Å²) in [6, 6.07) is 11.1. The summed E-state index contributed by atoms with van der Waals surface area (Å²) in [5.74, 6) is 0.140. The van der Waals surface area contributed by atoms with E-state index in [1.807, 2.05) is 0 Å². The third kappa shape index (κ3) is 4.64. The molecule has 0 saturated carbocycles. The van der Waals surface area contributed by atoms with Crippen molar-refractivity contribution in [1.29, 1.82) is 0 Å². The van der Waals surface area contributed by atoms with Gasteiger partial charge in [0, 0.05) is 12.6 Å². The molecule has 24 heavy (non-hydrogen) atoms. The van der Waals surface area contributed by atoms with Crippen molar-refractivity contribution in [3.63, 3.8) is 0 Å². The predicted octanol–water partition coefficient (Wildman–Crippen LogP) is 2.83. The van der Waals surface area contributed by atoms with Crippen molar-refractivity contribution in [3.8, 4) is 17.2 Å². The Bertz CT molecular complexity index is 726. The van der Waals surface area contributed by atoms with Crippen LogP contribution < -0.4 is 10.1 Å². The summed E-state index contributed by atoms with van der Waals surface area (Å²) >= 11 is 0. The Morgan fingerprint density at radius 3 is 2.33 bits per heavy atom. The maximum Gasteiger partial charge on any atom is 0.407 e. The molecule has 0 saturated heterocycles. The molecule has 0 aromatic heterocycles. The number of alkyl carbamates (subject to hydrolysis) is 1. The smallest absolute Gasteiger partial charge is 0.407 e. The van der Waals surface area contributed by atoms with Crippen LogP contribution in [0, 0.1) is 0 Å². The minimum Gasteiger partial charge on any atom is -0.508 e. The van der Waals surface area contributed by atoms with Gasteiger partial charge in [0.2, 0.25) is 0 Å². The molecular formula is C17H17NO6. The Hall–Kier alpha value is -3.22. The topological polar surface area (TPSA) is 94.1 Å². The first-order valence-electron chi connectivity index (χ1n) is 7.03. The standard InChI is InChI=1S/C17H17NO6/c1-22-16(20)12-7-13(19)9-15(8-12)24-14-5-3-11(4-6-14)10-18-17(21)23-2/h3-9,19H,10H2,1-2H3,(H,18,21). The molecule has 0 atom stereocenters. The first kappa shape index (κ1) is 17.1. The fourth-order valence-corrected chi connectivity index (χ4v) is 1.94. The fraction of sp³-hybridized carbons (Fsp3) is 0.176. The van der Waals surface area contributed by atoms with Crippen LogP contribution in [-0.4, -0.2) is 31.4 Å². The van der Waals surface area contributed by atoms with Gasteiger partial charge in [-0.05, 0) is 29.8 Å². The number of carbonyl (C=O) groups excluding carboxylic acids is 2. The van der Waals surface area contributed by atoms with Crippen molar-refractivity contribution >= 4 is 12.1 Å². The number of ether oxygens (including phenoxy) is 3. The minimum absolute atomic E-state index is 0.105. The van der Waals surface area contributed by atoms with Crippen molar-refractivity contribution in [2.75, 3.05) is 14.2 Å². The Kier molecular flexibility index (Phi) is 5.62. The number of benzene rings is 2. The maximum absolute atomic E-state index is 11.5. The molecule has 126 valence electrons. The van der Waals surface area contributed by atoms with Gasteiger partial charge in [-0.3, -0.25) is 0 Å². The summed E-state index contributed by atoms with van der Waals surface area (Å²) in [4.78, 5) is 22.6. The van der Waals surface area contributed by atoms with Crippen LogP contribution in [0.25, 0.3) is 0 Å². The maximum atomic E-state index is 11.5. The zero-order chi connectivity index (χ0) is 17.5. The number of esters is 1. The molecule has 0 aliphatic heterocycles. The number of phenols is 1. The number of carbonyl (C=O) groups is 2. The molecule has 0 aliphatic carbocycles. The zero-order valence-corrected chi connectivity index (χ0v) is 13.2. The van der Waals surface area contributed by atoms with Crippen LogP contribution in [0.5, 0.6) is 17.2 Å². The molecule has 0 bridgehead atoms. The number of amides is 1. The summed E-state index contributed by atoms with van der Waals surface area (Å²) in [5.41, 5.74) is 1.05. The van der Waals surface area contributed by atoms with E-state index in [1.54, 1.807) is 24.3 Å². The predicted molar refractivity (Wildman–Crippen MR) is 85.2 cm³/mol. The summed E-state index contributed by atoms with van der Waals surface area (Å²) < 4.78 is 14.7. The number of aromatic hydroxyl groups is 1. The molecule has 0 radical (unpaired) electrons. The summed E-state index contributed by atoms with van der Waals surface area (Å²) in [7, 11) is 2.55. The third-order valence-corrected chi connectivity index (χ3v) is 3.09. The van der Waals surface area contributed by atoms with Crippen LogP contribution in [0.1, 0.15) is 15.9 Å². The molecule has 7 heteroatoms. The van der Waals surface area contributed by atoms with Crippen LogP contribution >= 0.6 is 0 Å². The molecule has 7 nitrogen and oxygen atoms in total. The van der Waals surface area contributed by atoms with Crippen molar-refractivity contribution in [1.82, 2.24) is 5.32 Å². The number of hydrogen-bond donors (Lipinski definition) is 2. The molecule has 0 fully saturated rings. The minimum atomic E-state index is -0.569. The molecule has 2 aromatic rings. The van der Waals surface area contributed by atoms with Gasteiger partial charge in [-0.25, -0.2) is 9.59 Å². The van der Waals surface area contributed by atoms with Crippen molar-refractivity contribution in [2.45, 2.75) is 6.54 Å². The van der Waals surface area contributed by atoms with Gasteiger partial charge in [0.15, 0.2) is 0 Å². The normalized spacial score (nSPS) is 9.92. The third-order valence-electron chi connectivity index (χ3n) is 3.09. The summed E-state index contributed by atoms with van der Waals surface area (Å²) in [5, 5.41) is 12.2. The first-order valence-corrected chi connectivity index (χ1v) is 7.03. The molecule has 2 rings (SSSR count). The average Bonchev–Trinajstić information content (AvgIpc) is 2.59. The van der Waals surface area contributed by atoms with Gasteiger partial charge in [0.25, 0.3) is 0 Å². The number of phenolic OH excluding ortho intramolecular Hbond substituents is 1. The van der Waals surface area contributed by atoms with Crippen LogP contribution in [0.2, 0.25) is 0 Å². The van der Waals surface area contributed by atoms with Crippen molar-refractivity contribution < 1.29 is 28.9 Å². The Labute approximate surface area is 138 Å². The van der Waals surface area contributed by atoms with Gasteiger partial charge < -0.3 is 24.6 Å². The van der Waals surface area contributed by atoms with Gasteiger partial charge in [-0.15, -0.1) is 0 Å². The van der Waals surface area contributed by atoms with E-state index >= 15 is 0 Å². The van der Waals surface area contributed by atoms with Crippen molar-refractivity contribution in [2.24, 2.45) is 0 Å². The van der Waals surface area contributed by atoms with E-state index in [9.17, 15) is 14.7 Å². The Morgan fingerprint density at radius 1 is 1.00 bits per heavy atom. The first-order chi connectivity index (χ1) is 11.5. The number of rotatable bonds is 5. The lowest BCUT2D eigenvalue weighted by molar-refractivity contribution is 0.0600. The highest BCUT2D eigenvalue weighted by atomic mass is 16.5. The quantitative estimate of drug-likeness (QED) is 0.818. The van der Waals surface area contributed by atoms with E-state index in [2.05, 4.69) is 14.8 Å². The van der Waals surface area contributed by atoms with Gasteiger partial charge >= 0.3 is 12.1 Å². The Morgan fingerprint density at radius 2 is 1.71 bits per heavy atom. The lowest BCUT2D eigenvalue weighted by atomic mass is 10.2. The molecular weight excluding hydrogens is 314 g/mol. The van der Waals surface area contributed by atoms with E-state index in [4.69, 9.17) is 4.74 Å². The lowest BCUT2D eigenvalue weighted by Crippen LogP contribution is -2.22. The second-order valence-electron chi connectivity index (χ2n) is 4.80. The highest BCUT2D eigenvalue weighted by Gasteiger charge is 2.10. The fourth-order valence-electron chi connectivity index (χ4n) is 1.94. The second-order valence-corrected chi connectivity index (χ2v) is 4.80. The van der Waals surface area contributed by atoms with Crippen molar-refractivity contribution in [3.05, 3.63) is 53.6 Å². The monoisotopic (exact) mass is 331 g/mol. The largest absolute Gasteiger partial charge is 0.508 e. The molecule has 0 aliphatic rings. The van der Waals surface area contributed by atoms with Gasteiger partial charge in [0.05, 0.1) is 19.8 Å². The molecule has 2 aromatic carbocycles. The van der Waals surface area contributed by atoms with E-state index in [1.165, 1.54) is 32.4 Å². The number of hydrogen-bond acceptors (Lipinski definition) is 6. The molecule has 0 spiro atoms. The van der Waals surface area contributed by atoms with Crippen LogP contribution in [-0.2, 0) is 16.0 Å². The molecule has 1 amide bonds. The van der Waals surface area contributed by atoms with Crippen LogP contribution in [0.4, 0.5) is 4.79 Å². The molecule has 0 unspecified atom stereocenters. The number of nitrogens with one attached hydrogen (secondary N) is 1. The highest BCUT2D eigenvalue weighted by Crippen LogP contribution is 2.27. The summed E-state index contributed by atoms with van der Waals surface area (Å²) in [6.07, 6.45) is -0.509. The van der Waals surface area contributed by atoms with Gasteiger partial charge in [-0.2, -0.15) is 0 Å². The summed E-state index contributed by atoms with van der Waals surface area (Å²) in [6.45, 7) is 0.325. The SMILES string of the molecule is COC(=O)NCc1ccc(Oc2cc(O)cc(C(=O)OC)c2)cc1. The van der Waals surface area contributed by atoms with Gasteiger partial charge in [-0.1, -0.05) is 12.1 Å². The molecule has 0 heterocycles. The number of methoxy groups -OCH3 is 2. The average molecular weight is 331 g/mol. The molecule has 2 N–H and O–H groups in total. The van der Waals surface area contributed by atoms with Crippen LogP contribution in [0.3, 0.4) is 0 Å². The zero-order valence-electron chi connectivity index (χ0n) is 13.2.